The summed E-state index contributed by atoms with van der Waals surface area (Å²) in [6.45, 7) is 1.56. The Kier molecular flexibility index (Phi) is 4.12. The molecule has 0 aliphatic rings. The Morgan fingerprint density at radius 2 is 1.38 bits per heavy atom. The molecule has 0 unspecified atom stereocenters. The second kappa shape index (κ2) is 6.37. The minimum atomic E-state index is 0.334. The molecule has 0 fully saturated rings. The Labute approximate surface area is 128 Å². The minimum Gasteiger partial charge on any atom is -0.367 e. The van der Waals surface area contributed by atoms with E-state index in [1.165, 1.54) is 22.7 Å². The van der Waals surface area contributed by atoms with Crippen molar-refractivity contribution in [2.24, 2.45) is 0 Å². The van der Waals surface area contributed by atoms with Gasteiger partial charge in [-0.1, -0.05) is 60.7 Å². The van der Waals surface area contributed by atoms with E-state index in [-0.39, 0.29) is 0 Å². The molecule has 0 spiro atoms. The van der Waals surface area contributed by atoms with E-state index >= 15 is 0 Å². The van der Waals surface area contributed by atoms with Gasteiger partial charge in [-0.05, 0) is 11.1 Å². The summed E-state index contributed by atoms with van der Waals surface area (Å²) < 4.78 is 4.09. The SMILES string of the molecule is Nc1nsc(N(Cc2ccccc2)Cc2ccccc2)n1. The third-order valence-corrected chi connectivity index (χ3v) is 3.93. The molecular weight excluding hydrogens is 280 g/mol. The zero-order valence-electron chi connectivity index (χ0n) is 11.5. The molecule has 0 bridgehead atoms. The molecule has 0 amide bonds. The molecule has 2 N–H and O–H groups in total. The van der Waals surface area contributed by atoms with Crippen molar-refractivity contribution >= 4 is 22.6 Å². The van der Waals surface area contributed by atoms with E-state index in [1.54, 1.807) is 0 Å². The maximum Gasteiger partial charge on any atom is 0.233 e. The standard InChI is InChI=1S/C16H16N4S/c17-15-18-16(21-19-15)20(11-13-7-3-1-4-8-13)12-14-9-5-2-6-10-14/h1-10H,11-12H2,(H2,17,19). The van der Waals surface area contributed by atoms with Crippen LogP contribution in [0.15, 0.2) is 60.7 Å². The maximum atomic E-state index is 5.66. The van der Waals surface area contributed by atoms with Gasteiger partial charge in [0.1, 0.15) is 0 Å². The molecule has 3 rings (SSSR count). The minimum absolute atomic E-state index is 0.334. The highest BCUT2D eigenvalue weighted by molar-refractivity contribution is 7.09. The molecule has 4 nitrogen and oxygen atoms in total. The number of nitrogen functional groups attached to an aromatic ring is 1. The second-order valence-corrected chi connectivity index (χ2v) is 5.49. The Balaban J connectivity index is 1.84. The smallest absolute Gasteiger partial charge is 0.233 e. The Morgan fingerprint density at radius 3 is 1.81 bits per heavy atom. The van der Waals surface area contributed by atoms with Gasteiger partial charge < -0.3 is 10.6 Å². The van der Waals surface area contributed by atoms with Gasteiger partial charge in [-0.3, -0.25) is 0 Å². The summed E-state index contributed by atoms with van der Waals surface area (Å²) in [6, 6.07) is 20.7. The first-order valence-electron chi connectivity index (χ1n) is 6.73. The maximum absolute atomic E-state index is 5.66. The van der Waals surface area contributed by atoms with E-state index in [2.05, 4.69) is 38.5 Å². The van der Waals surface area contributed by atoms with E-state index < -0.39 is 0 Å². The van der Waals surface area contributed by atoms with Crippen LogP contribution in [0.1, 0.15) is 11.1 Å². The van der Waals surface area contributed by atoms with Crippen molar-refractivity contribution < 1.29 is 0 Å². The van der Waals surface area contributed by atoms with Crippen LogP contribution in [0, 0.1) is 0 Å². The number of hydrogen-bond donors (Lipinski definition) is 1. The van der Waals surface area contributed by atoms with Crippen LogP contribution < -0.4 is 10.6 Å². The van der Waals surface area contributed by atoms with E-state index in [1.807, 2.05) is 36.4 Å². The number of nitrogens with two attached hydrogens (primary N) is 1. The second-order valence-electron chi connectivity index (χ2n) is 4.76. The lowest BCUT2D eigenvalue weighted by Crippen LogP contribution is -2.22. The van der Waals surface area contributed by atoms with Gasteiger partial charge in [-0.15, -0.1) is 0 Å². The van der Waals surface area contributed by atoms with E-state index in [0.29, 0.717) is 5.95 Å². The van der Waals surface area contributed by atoms with Crippen molar-refractivity contribution in [3.05, 3.63) is 71.8 Å². The van der Waals surface area contributed by atoms with Gasteiger partial charge >= 0.3 is 0 Å². The fourth-order valence-electron chi connectivity index (χ4n) is 2.15. The molecule has 0 atom stereocenters. The highest BCUT2D eigenvalue weighted by Crippen LogP contribution is 2.22. The first kappa shape index (κ1) is 13.6. The van der Waals surface area contributed by atoms with E-state index in [4.69, 9.17) is 5.73 Å². The van der Waals surface area contributed by atoms with Gasteiger partial charge in [0.15, 0.2) is 0 Å². The molecule has 1 aromatic heterocycles. The summed E-state index contributed by atoms with van der Waals surface area (Å²) in [7, 11) is 0. The van der Waals surface area contributed by atoms with E-state index in [9.17, 15) is 0 Å². The predicted molar refractivity (Wildman–Crippen MR) is 87.1 cm³/mol. The van der Waals surface area contributed by atoms with Gasteiger partial charge in [0, 0.05) is 24.6 Å². The van der Waals surface area contributed by atoms with Gasteiger partial charge in [0.2, 0.25) is 11.1 Å². The van der Waals surface area contributed by atoms with Crippen LogP contribution in [0.2, 0.25) is 0 Å². The lowest BCUT2D eigenvalue weighted by Gasteiger charge is -2.21. The van der Waals surface area contributed by atoms with Crippen molar-refractivity contribution in [2.45, 2.75) is 13.1 Å². The van der Waals surface area contributed by atoms with E-state index in [0.717, 1.165) is 18.2 Å². The van der Waals surface area contributed by atoms with Crippen LogP contribution in [0.3, 0.4) is 0 Å². The van der Waals surface area contributed by atoms with Crippen LogP contribution in [-0.4, -0.2) is 9.36 Å². The summed E-state index contributed by atoms with van der Waals surface area (Å²) in [5.74, 6) is 0.334. The molecule has 0 saturated carbocycles. The van der Waals surface area contributed by atoms with Crippen LogP contribution in [0.4, 0.5) is 11.1 Å². The van der Waals surface area contributed by atoms with Crippen molar-refractivity contribution in [2.75, 3.05) is 10.6 Å². The third-order valence-electron chi connectivity index (χ3n) is 3.13. The lowest BCUT2D eigenvalue weighted by molar-refractivity contribution is 0.795. The van der Waals surface area contributed by atoms with Crippen molar-refractivity contribution in [1.82, 2.24) is 9.36 Å². The summed E-state index contributed by atoms with van der Waals surface area (Å²) >= 11 is 1.34. The van der Waals surface area contributed by atoms with Gasteiger partial charge in [-0.2, -0.15) is 9.36 Å². The number of rotatable bonds is 5. The predicted octanol–water partition coefficient (Wildman–Crippen LogP) is 3.33. The lowest BCUT2D eigenvalue weighted by atomic mass is 10.2. The highest BCUT2D eigenvalue weighted by atomic mass is 32.1. The molecule has 106 valence electrons. The first-order chi connectivity index (χ1) is 10.3. The quantitative estimate of drug-likeness (QED) is 0.784. The average molecular weight is 296 g/mol. The number of aromatic nitrogens is 2. The molecule has 0 aliphatic carbocycles. The van der Waals surface area contributed by atoms with Crippen LogP contribution >= 0.6 is 11.5 Å². The summed E-state index contributed by atoms with van der Waals surface area (Å²) in [6.07, 6.45) is 0. The zero-order chi connectivity index (χ0) is 14.5. The number of nitrogens with zero attached hydrogens (tertiary/aromatic N) is 3. The van der Waals surface area contributed by atoms with Gasteiger partial charge in [-0.25, -0.2) is 0 Å². The van der Waals surface area contributed by atoms with Crippen molar-refractivity contribution in [1.29, 1.82) is 0 Å². The third kappa shape index (κ3) is 3.58. The largest absolute Gasteiger partial charge is 0.367 e. The number of benzene rings is 2. The molecule has 5 heteroatoms. The Morgan fingerprint density at radius 1 is 0.857 bits per heavy atom. The Hall–Kier alpha value is -2.40. The van der Waals surface area contributed by atoms with Crippen LogP contribution in [-0.2, 0) is 13.1 Å². The molecule has 0 radical (unpaired) electrons. The normalized spacial score (nSPS) is 10.5. The molecular formula is C16H16N4S. The molecule has 21 heavy (non-hydrogen) atoms. The molecule has 3 aromatic rings. The van der Waals surface area contributed by atoms with Gasteiger partial charge in [0.05, 0.1) is 0 Å². The van der Waals surface area contributed by atoms with Crippen LogP contribution in [0.25, 0.3) is 0 Å². The average Bonchev–Trinajstić information content (AvgIpc) is 2.95. The number of hydrogen-bond acceptors (Lipinski definition) is 5. The summed E-state index contributed by atoms with van der Waals surface area (Å²) in [5.41, 5.74) is 8.14. The fraction of sp³-hybridized carbons (Fsp3) is 0.125. The Bertz CT molecular complexity index is 640. The summed E-state index contributed by atoms with van der Waals surface area (Å²) in [5, 5.41) is 0.847. The van der Waals surface area contributed by atoms with Crippen LogP contribution in [0.5, 0.6) is 0 Å². The van der Waals surface area contributed by atoms with Gasteiger partial charge in [0.25, 0.3) is 0 Å². The molecule has 2 aromatic carbocycles. The van der Waals surface area contributed by atoms with Crippen molar-refractivity contribution in [3.63, 3.8) is 0 Å². The topological polar surface area (TPSA) is 55.0 Å². The monoisotopic (exact) mass is 296 g/mol. The first-order valence-corrected chi connectivity index (χ1v) is 7.50. The highest BCUT2D eigenvalue weighted by Gasteiger charge is 2.13. The van der Waals surface area contributed by atoms with Crippen molar-refractivity contribution in [3.8, 4) is 0 Å². The zero-order valence-corrected chi connectivity index (χ0v) is 12.3. The molecule has 1 heterocycles. The molecule has 0 saturated heterocycles. The number of anilines is 2. The molecule has 0 aliphatic heterocycles. The summed E-state index contributed by atoms with van der Waals surface area (Å²) in [4.78, 5) is 6.51. The fourth-order valence-corrected chi connectivity index (χ4v) is 2.75.